The van der Waals surface area contributed by atoms with Crippen LogP contribution < -0.4 is 19.7 Å². The SMILES string of the molecule is COc1ccccc1NS(=O)(=O)c1cc([N+](=O)[O-])ccc1N1CCN(CC(=O)NC(C)C)CC1. The van der Waals surface area contributed by atoms with Crippen LogP contribution in [0.15, 0.2) is 47.4 Å². The Morgan fingerprint density at radius 1 is 1.15 bits per heavy atom. The van der Waals surface area contributed by atoms with Crippen LogP contribution in [0.1, 0.15) is 13.8 Å². The van der Waals surface area contributed by atoms with Gasteiger partial charge in [0.15, 0.2) is 0 Å². The number of amides is 1. The van der Waals surface area contributed by atoms with E-state index in [0.29, 0.717) is 37.6 Å². The number of ether oxygens (including phenoxy) is 1. The van der Waals surface area contributed by atoms with Gasteiger partial charge in [0.25, 0.3) is 15.7 Å². The van der Waals surface area contributed by atoms with E-state index in [2.05, 4.69) is 10.0 Å². The number of anilines is 2. The largest absolute Gasteiger partial charge is 0.495 e. The van der Waals surface area contributed by atoms with Crippen LogP contribution in [-0.4, -0.2) is 70.0 Å². The Labute approximate surface area is 198 Å². The van der Waals surface area contributed by atoms with Crippen LogP contribution in [0.25, 0.3) is 0 Å². The first kappa shape index (κ1) is 25.2. The smallest absolute Gasteiger partial charge is 0.270 e. The number of piperazine rings is 1. The lowest BCUT2D eigenvalue weighted by Crippen LogP contribution is -2.50. The second-order valence-electron chi connectivity index (χ2n) is 8.20. The first-order valence-electron chi connectivity index (χ1n) is 10.8. The molecule has 2 aromatic carbocycles. The number of benzene rings is 2. The van der Waals surface area contributed by atoms with Gasteiger partial charge in [-0.2, -0.15) is 0 Å². The number of nitrogens with one attached hydrogen (secondary N) is 2. The highest BCUT2D eigenvalue weighted by Gasteiger charge is 2.28. The van der Waals surface area contributed by atoms with Crippen LogP contribution in [0, 0.1) is 10.1 Å². The van der Waals surface area contributed by atoms with Crippen LogP contribution >= 0.6 is 0 Å². The third-order valence-corrected chi connectivity index (χ3v) is 6.72. The summed E-state index contributed by atoms with van der Waals surface area (Å²) in [7, 11) is -2.76. The maximum absolute atomic E-state index is 13.3. The molecule has 0 bridgehead atoms. The monoisotopic (exact) mass is 491 g/mol. The summed E-state index contributed by atoms with van der Waals surface area (Å²) in [5, 5.41) is 14.2. The molecule has 1 aliphatic heterocycles. The number of carbonyl (C=O) groups excluding carboxylic acids is 1. The molecule has 1 aliphatic rings. The van der Waals surface area contributed by atoms with Crippen LogP contribution in [0.4, 0.5) is 17.1 Å². The van der Waals surface area contributed by atoms with E-state index in [4.69, 9.17) is 4.74 Å². The molecule has 184 valence electrons. The average molecular weight is 492 g/mol. The Hall–Kier alpha value is -3.38. The normalized spacial score (nSPS) is 14.6. The molecule has 34 heavy (non-hydrogen) atoms. The summed E-state index contributed by atoms with van der Waals surface area (Å²) in [5.41, 5.74) is 0.260. The minimum absolute atomic E-state index is 0.0532. The minimum atomic E-state index is -4.18. The van der Waals surface area contributed by atoms with Crippen molar-refractivity contribution in [2.75, 3.05) is 49.5 Å². The van der Waals surface area contributed by atoms with Gasteiger partial charge in [-0.25, -0.2) is 8.42 Å². The second kappa shape index (κ2) is 10.7. The van der Waals surface area contributed by atoms with Crippen LogP contribution in [0.5, 0.6) is 5.75 Å². The highest BCUT2D eigenvalue weighted by molar-refractivity contribution is 7.93. The Morgan fingerprint density at radius 2 is 1.82 bits per heavy atom. The summed E-state index contributed by atoms with van der Waals surface area (Å²) >= 11 is 0. The number of hydrogen-bond donors (Lipinski definition) is 2. The zero-order chi connectivity index (χ0) is 24.9. The van der Waals surface area contributed by atoms with E-state index in [-0.39, 0.29) is 34.8 Å². The molecule has 0 radical (unpaired) electrons. The van der Waals surface area contributed by atoms with Crippen molar-refractivity contribution in [1.29, 1.82) is 0 Å². The number of non-ortho nitro benzene ring substituents is 1. The molecule has 2 aromatic rings. The van der Waals surface area contributed by atoms with Crippen molar-refractivity contribution in [2.45, 2.75) is 24.8 Å². The highest BCUT2D eigenvalue weighted by atomic mass is 32.2. The lowest BCUT2D eigenvalue weighted by atomic mass is 10.2. The van der Waals surface area contributed by atoms with Crippen molar-refractivity contribution in [3.8, 4) is 5.75 Å². The maximum atomic E-state index is 13.3. The molecule has 1 fully saturated rings. The fraction of sp³-hybridized carbons (Fsp3) is 0.409. The summed E-state index contributed by atoms with van der Waals surface area (Å²) in [6.45, 7) is 6.06. The molecular weight excluding hydrogens is 462 g/mol. The summed E-state index contributed by atoms with van der Waals surface area (Å²) in [4.78, 5) is 26.4. The van der Waals surface area contributed by atoms with E-state index in [1.54, 1.807) is 24.3 Å². The van der Waals surface area contributed by atoms with Gasteiger partial charge in [0.1, 0.15) is 10.6 Å². The molecule has 3 rings (SSSR count). The lowest BCUT2D eigenvalue weighted by Gasteiger charge is -2.36. The first-order chi connectivity index (χ1) is 16.1. The van der Waals surface area contributed by atoms with E-state index < -0.39 is 14.9 Å². The number of methoxy groups -OCH3 is 1. The second-order valence-corrected chi connectivity index (χ2v) is 9.85. The fourth-order valence-electron chi connectivity index (χ4n) is 3.74. The highest BCUT2D eigenvalue weighted by Crippen LogP contribution is 2.33. The van der Waals surface area contributed by atoms with Crippen LogP contribution in [-0.2, 0) is 14.8 Å². The van der Waals surface area contributed by atoms with Crippen LogP contribution in [0.3, 0.4) is 0 Å². The summed E-state index contributed by atoms with van der Waals surface area (Å²) in [5.74, 6) is 0.259. The number of nitro benzene ring substituents is 1. The third kappa shape index (κ3) is 6.14. The average Bonchev–Trinajstić information content (AvgIpc) is 2.78. The first-order valence-corrected chi connectivity index (χ1v) is 12.3. The molecule has 2 N–H and O–H groups in total. The molecule has 0 aliphatic carbocycles. The van der Waals surface area contributed by atoms with Crippen molar-refractivity contribution < 1.29 is 22.9 Å². The topological polar surface area (TPSA) is 134 Å². The van der Waals surface area contributed by atoms with E-state index in [1.807, 2.05) is 23.6 Å². The van der Waals surface area contributed by atoms with E-state index in [1.165, 1.54) is 19.2 Å². The molecule has 12 heteroatoms. The van der Waals surface area contributed by atoms with Gasteiger partial charge in [-0.3, -0.25) is 24.5 Å². The zero-order valence-corrected chi connectivity index (χ0v) is 20.2. The minimum Gasteiger partial charge on any atom is -0.495 e. The predicted octanol–water partition coefficient (Wildman–Crippen LogP) is 2.05. The molecular formula is C22H29N5O6S. The van der Waals surface area contributed by atoms with Crippen molar-refractivity contribution in [3.05, 3.63) is 52.6 Å². The standard InChI is InChI=1S/C22H29N5O6S/c1-16(2)23-22(28)15-25-10-12-26(13-11-25)19-9-8-17(27(29)30)14-21(19)34(31,32)24-18-6-4-5-7-20(18)33-3/h4-9,14,16,24H,10-13,15H2,1-3H3,(H,23,28). The van der Waals surface area contributed by atoms with Crippen molar-refractivity contribution in [3.63, 3.8) is 0 Å². The molecule has 1 amide bonds. The lowest BCUT2D eigenvalue weighted by molar-refractivity contribution is -0.385. The zero-order valence-electron chi connectivity index (χ0n) is 19.4. The molecule has 0 aromatic heterocycles. The number of nitro groups is 1. The molecule has 0 spiro atoms. The molecule has 0 saturated carbocycles. The van der Waals surface area contributed by atoms with Gasteiger partial charge in [-0.15, -0.1) is 0 Å². The summed E-state index contributed by atoms with van der Waals surface area (Å²) in [6.07, 6.45) is 0. The van der Waals surface area contributed by atoms with E-state index in [0.717, 1.165) is 6.07 Å². The van der Waals surface area contributed by atoms with Gasteiger partial charge < -0.3 is 15.0 Å². The van der Waals surface area contributed by atoms with Gasteiger partial charge in [0.2, 0.25) is 5.91 Å². The molecule has 11 nitrogen and oxygen atoms in total. The fourth-order valence-corrected chi connectivity index (χ4v) is 5.06. The molecule has 1 heterocycles. The van der Waals surface area contributed by atoms with Crippen LogP contribution in [0.2, 0.25) is 0 Å². The van der Waals surface area contributed by atoms with Crippen molar-refractivity contribution in [2.24, 2.45) is 0 Å². The number of para-hydroxylation sites is 2. The number of rotatable bonds is 9. The predicted molar refractivity (Wildman–Crippen MR) is 129 cm³/mol. The quantitative estimate of drug-likeness (QED) is 0.402. The summed E-state index contributed by atoms with van der Waals surface area (Å²) < 4.78 is 34.4. The Morgan fingerprint density at radius 3 is 2.44 bits per heavy atom. The maximum Gasteiger partial charge on any atom is 0.270 e. The van der Waals surface area contributed by atoms with Gasteiger partial charge in [-0.05, 0) is 32.0 Å². The van der Waals surface area contributed by atoms with Gasteiger partial charge in [-0.1, -0.05) is 12.1 Å². The van der Waals surface area contributed by atoms with E-state index in [9.17, 15) is 23.3 Å². The van der Waals surface area contributed by atoms with E-state index >= 15 is 0 Å². The van der Waals surface area contributed by atoms with Gasteiger partial charge in [0, 0.05) is 44.4 Å². The number of nitrogens with zero attached hydrogens (tertiary/aromatic N) is 3. The Kier molecular flexibility index (Phi) is 7.94. The van der Waals surface area contributed by atoms with Crippen molar-refractivity contribution >= 4 is 33.0 Å². The van der Waals surface area contributed by atoms with Gasteiger partial charge in [0.05, 0.1) is 30.0 Å². The molecule has 0 unspecified atom stereocenters. The molecule has 0 atom stereocenters. The number of carbonyl (C=O) groups is 1. The number of hydrogen-bond acceptors (Lipinski definition) is 8. The Balaban J connectivity index is 1.85. The summed E-state index contributed by atoms with van der Waals surface area (Å²) in [6, 6.07) is 10.4. The third-order valence-electron chi connectivity index (χ3n) is 5.32. The van der Waals surface area contributed by atoms with Crippen molar-refractivity contribution in [1.82, 2.24) is 10.2 Å². The molecule has 1 saturated heterocycles. The number of sulfonamides is 1. The van der Waals surface area contributed by atoms with Gasteiger partial charge >= 0.3 is 0 Å². The Bertz CT molecular complexity index is 1150.